The molecule has 0 aliphatic heterocycles. The van der Waals surface area contributed by atoms with E-state index in [9.17, 15) is 4.79 Å². The van der Waals surface area contributed by atoms with Gasteiger partial charge in [-0.15, -0.1) is 0 Å². The quantitative estimate of drug-likeness (QED) is 0.405. The molecule has 1 atom stereocenters. The van der Waals surface area contributed by atoms with Gasteiger partial charge in [-0.3, -0.25) is 4.79 Å². The fraction of sp³-hybridized carbons (Fsp3) is 0.222. The average Bonchev–Trinajstić information content (AvgIpc) is 3.19. The maximum Gasteiger partial charge on any atom is 0.246 e. The Bertz CT molecular complexity index is 1150. The molecule has 0 saturated carbocycles. The predicted octanol–water partition coefficient (Wildman–Crippen LogP) is 6.30. The molecule has 0 aliphatic rings. The third-order valence-electron chi connectivity index (χ3n) is 5.52. The van der Waals surface area contributed by atoms with E-state index in [2.05, 4.69) is 43.5 Å². The van der Waals surface area contributed by atoms with Crippen molar-refractivity contribution in [2.75, 3.05) is 12.4 Å². The van der Waals surface area contributed by atoms with Crippen molar-refractivity contribution in [3.05, 3.63) is 90.0 Å². The van der Waals surface area contributed by atoms with Crippen LogP contribution in [-0.4, -0.2) is 13.0 Å². The minimum absolute atomic E-state index is 0.0809. The highest BCUT2D eigenvalue weighted by atomic mass is 16.3. The fourth-order valence-electron chi connectivity index (χ4n) is 3.68. The van der Waals surface area contributed by atoms with Crippen molar-refractivity contribution >= 4 is 22.6 Å². The topological polar surface area (TPSA) is 54.3 Å². The number of amides is 1. The lowest BCUT2D eigenvalue weighted by atomic mass is 9.86. The van der Waals surface area contributed by atoms with Crippen molar-refractivity contribution in [1.29, 1.82) is 0 Å². The van der Waals surface area contributed by atoms with Gasteiger partial charge in [0.15, 0.2) is 0 Å². The van der Waals surface area contributed by atoms with E-state index in [0.717, 1.165) is 33.5 Å². The van der Waals surface area contributed by atoms with Gasteiger partial charge in [-0.05, 0) is 60.0 Å². The van der Waals surface area contributed by atoms with Crippen molar-refractivity contribution in [3.8, 4) is 11.3 Å². The van der Waals surface area contributed by atoms with Gasteiger partial charge in [-0.1, -0.05) is 63.2 Å². The first-order valence-electron chi connectivity index (χ1n) is 10.5. The van der Waals surface area contributed by atoms with E-state index in [1.807, 2.05) is 66.7 Å². The number of nitrogens with one attached hydrogen (secondary N) is 2. The maximum absolute atomic E-state index is 12.9. The van der Waals surface area contributed by atoms with E-state index in [0.29, 0.717) is 0 Å². The number of anilines is 1. The Morgan fingerprint density at radius 1 is 0.903 bits per heavy atom. The van der Waals surface area contributed by atoms with Gasteiger partial charge in [-0.25, -0.2) is 0 Å². The van der Waals surface area contributed by atoms with Gasteiger partial charge in [0.1, 0.15) is 17.4 Å². The van der Waals surface area contributed by atoms with Gasteiger partial charge in [-0.2, -0.15) is 0 Å². The highest BCUT2D eigenvalue weighted by molar-refractivity contribution is 5.95. The molecule has 0 spiro atoms. The zero-order valence-electron chi connectivity index (χ0n) is 18.4. The molecule has 158 valence electrons. The lowest BCUT2D eigenvalue weighted by Crippen LogP contribution is -2.30. The van der Waals surface area contributed by atoms with Crippen LogP contribution >= 0.6 is 0 Å². The molecule has 4 aromatic rings. The van der Waals surface area contributed by atoms with Crippen LogP contribution in [0.4, 0.5) is 5.69 Å². The number of carbonyl (C=O) groups excluding carboxylic acids is 1. The van der Waals surface area contributed by atoms with Gasteiger partial charge in [0.25, 0.3) is 0 Å². The summed E-state index contributed by atoms with van der Waals surface area (Å²) in [7, 11) is 1.80. The van der Waals surface area contributed by atoms with Crippen molar-refractivity contribution < 1.29 is 9.21 Å². The largest absolute Gasteiger partial charge is 0.456 e. The summed E-state index contributed by atoms with van der Waals surface area (Å²) in [6, 6.07) is 25.5. The van der Waals surface area contributed by atoms with Crippen LogP contribution < -0.4 is 10.6 Å². The van der Waals surface area contributed by atoms with Crippen LogP contribution in [-0.2, 0) is 10.2 Å². The van der Waals surface area contributed by atoms with E-state index in [1.165, 1.54) is 5.56 Å². The second-order valence-electron chi connectivity index (χ2n) is 8.81. The number of hydrogen-bond acceptors (Lipinski definition) is 3. The van der Waals surface area contributed by atoms with E-state index in [1.54, 1.807) is 7.05 Å². The number of benzene rings is 3. The smallest absolute Gasteiger partial charge is 0.246 e. The van der Waals surface area contributed by atoms with Crippen LogP contribution in [0.25, 0.3) is 22.3 Å². The lowest BCUT2D eigenvalue weighted by Gasteiger charge is -2.21. The Labute approximate surface area is 183 Å². The van der Waals surface area contributed by atoms with Crippen LogP contribution in [0.2, 0.25) is 0 Å². The third kappa shape index (κ3) is 4.54. The molecule has 2 N–H and O–H groups in total. The normalized spacial score (nSPS) is 12.6. The first-order chi connectivity index (χ1) is 14.8. The fourth-order valence-corrected chi connectivity index (χ4v) is 3.68. The number of likely N-dealkylation sites (N-methyl/N-ethyl adjacent to an activating group) is 1. The molecule has 4 heteroatoms. The van der Waals surface area contributed by atoms with Crippen LogP contribution in [0.5, 0.6) is 0 Å². The molecule has 3 aromatic carbocycles. The Morgan fingerprint density at radius 3 is 2.19 bits per heavy atom. The molecule has 31 heavy (non-hydrogen) atoms. The predicted molar refractivity (Wildman–Crippen MR) is 127 cm³/mol. The molecule has 1 amide bonds. The second-order valence-corrected chi connectivity index (χ2v) is 8.81. The summed E-state index contributed by atoms with van der Waals surface area (Å²) in [5.74, 6) is 0.716. The number of fused-ring (bicyclic) bond motifs is 1. The standard InChI is InChI=1S/C27H28N2O2/c1-27(2,3)21-13-9-19(10-14-21)25(28-4)26(30)29-22-15-11-18(12-16-22)24-17-20-7-5-6-8-23(20)31-24/h5-17,25,28H,1-4H3,(H,29,30). The molecule has 1 aromatic heterocycles. The average molecular weight is 413 g/mol. The first-order valence-corrected chi connectivity index (χ1v) is 10.5. The van der Waals surface area contributed by atoms with E-state index in [-0.39, 0.29) is 11.3 Å². The van der Waals surface area contributed by atoms with Gasteiger partial charge < -0.3 is 15.1 Å². The van der Waals surface area contributed by atoms with Crippen LogP contribution in [0, 0.1) is 0 Å². The summed E-state index contributed by atoms with van der Waals surface area (Å²) in [6.45, 7) is 6.54. The van der Waals surface area contributed by atoms with Crippen molar-refractivity contribution in [1.82, 2.24) is 5.32 Å². The summed E-state index contributed by atoms with van der Waals surface area (Å²) < 4.78 is 5.92. The minimum Gasteiger partial charge on any atom is -0.456 e. The maximum atomic E-state index is 12.9. The monoisotopic (exact) mass is 412 g/mol. The van der Waals surface area contributed by atoms with E-state index < -0.39 is 6.04 Å². The molecule has 0 radical (unpaired) electrons. The summed E-state index contributed by atoms with van der Waals surface area (Å²) >= 11 is 0. The van der Waals surface area contributed by atoms with Gasteiger partial charge in [0.2, 0.25) is 5.91 Å². The zero-order chi connectivity index (χ0) is 22.0. The molecule has 0 fully saturated rings. The Hall–Kier alpha value is -3.37. The Morgan fingerprint density at radius 2 is 1.58 bits per heavy atom. The summed E-state index contributed by atoms with van der Waals surface area (Å²) in [4.78, 5) is 12.9. The Balaban J connectivity index is 1.48. The number of para-hydroxylation sites is 1. The van der Waals surface area contributed by atoms with E-state index >= 15 is 0 Å². The van der Waals surface area contributed by atoms with Crippen LogP contribution in [0.1, 0.15) is 37.9 Å². The molecule has 0 aliphatic carbocycles. The molecule has 1 unspecified atom stereocenters. The molecule has 4 nitrogen and oxygen atoms in total. The first kappa shape index (κ1) is 20.9. The number of hydrogen-bond donors (Lipinski definition) is 2. The van der Waals surface area contributed by atoms with Crippen LogP contribution in [0.3, 0.4) is 0 Å². The number of furan rings is 1. The van der Waals surface area contributed by atoms with Gasteiger partial charge >= 0.3 is 0 Å². The highest BCUT2D eigenvalue weighted by Crippen LogP contribution is 2.29. The van der Waals surface area contributed by atoms with Gasteiger partial charge in [0, 0.05) is 16.6 Å². The second kappa shape index (κ2) is 8.40. The molecular formula is C27H28N2O2. The number of rotatable bonds is 5. The summed E-state index contributed by atoms with van der Waals surface area (Å²) in [5, 5.41) is 7.20. The molecule has 4 rings (SSSR count). The third-order valence-corrected chi connectivity index (χ3v) is 5.52. The lowest BCUT2D eigenvalue weighted by molar-refractivity contribution is -0.118. The SMILES string of the molecule is CNC(C(=O)Nc1ccc(-c2cc3ccccc3o2)cc1)c1ccc(C(C)(C)C)cc1. The molecule has 0 bridgehead atoms. The molecular weight excluding hydrogens is 384 g/mol. The summed E-state index contributed by atoms with van der Waals surface area (Å²) in [6.07, 6.45) is 0. The number of carbonyl (C=O) groups is 1. The van der Waals surface area contributed by atoms with E-state index in [4.69, 9.17) is 4.42 Å². The van der Waals surface area contributed by atoms with Gasteiger partial charge in [0.05, 0.1) is 0 Å². The molecule has 1 heterocycles. The van der Waals surface area contributed by atoms with Crippen molar-refractivity contribution in [2.24, 2.45) is 0 Å². The Kier molecular flexibility index (Phi) is 5.66. The van der Waals surface area contributed by atoms with Crippen LogP contribution in [0.15, 0.2) is 83.3 Å². The van der Waals surface area contributed by atoms with Crippen molar-refractivity contribution in [3.63, 3.8) is 0 Å². The zero-order valence-corrected chi connectivity index (χ0v) is 18.4. The summed E-state index contributed by atoms with van der Waals surface area (Å²) in [5.41, 5.74) is 4.84. The molecule has 0 saturated heterocycles. The van der Waals surface area contributed by atoms with Crippen molar-refractivity contribution in [2.45, 2.75) is 32.2 Å². The minimum atomic E-state index is -0.427. The highest BCUT2D eigenvalue weighted by Gasteiger charge is 2.20.